The van der Waals surface area contributed by atoms with Gasteiger partial charge in [-0.1, -0.05) is 6.07 Å². The molecule has 3 heterocycles. The van der Waals surface area contributed by atoms with Gasteiger partial charge < -0.3 is 15.0 Å². The number of rotatable bonds is 5. The zero-order valence-electron chi connectivity index (χ0n) is 22.3. The first kappa shape index (κ1) is 27.4. The molecule has 1 unspecified atom stereocenters. The van der Waals surface area contributed by atoms with Crippen molar-refractivity contribution in [3.8, 4) is 0 Å². The number of carbonyl (C=O) groups is 4. The number of aromatic nitrogens is 4. The third kappa shape index (κ3) is 6.08. The molecule has 1 aromatic carbocycles. The van der Waals surface area contributed by atoms with E-state index >= 15 is 0 Å². The van der Waals surface area contributed by atoms with Crippen LogP contribution in [0.3, 0.4) is 0 Å². The van der Waals surface area contributed by atoms with Gasteiger partial charge in [-0.25, -0.2) is 19.7 Å². The van der Waals surface area contributed by atoms with Gasteiger partial charge in [0.25, 0.3) is 11.5 Å². The van der Waals surface area contributed by atoms with E-state index in [-0.39, 0.29) is 47.6 Å². The highest BCUT2D eigenvalue weighted by Crippen LogP contribution is 2.24. The number of piperidine rings is 1. The average molecular weight is 536 g/mol. The number of amides is 4. The molecule has 13 nitrogen and oxygen atoms in total. The molecule has 0 spiro atoms. The molecule has 1 aliphatic heterocycles. The highest BCUT2D eigenvalue weighted by molar-refractivity contribution is 6.08. The molecule has 4 amide bonds. The second kappa shape index (κ2) is 10.6. The second-order valence-corrected chi connectivity index (χ2v) is 10.2. The molecule has 13 heteroatoms. The van der Waals surface area contributed by atoms with Crippen molar-refractivity contribution in [2.24, 2.45) is 0 Å². The SMILES string of the molecule is Cc1nc2c(NC(=O)c3cnc(CN(C)C(=O)OC(C)(C)C)nc3)cccc2c(=O)n1C1CCC(=O)NC1=O. The van der Waals surface area contributed by atoms with Crippen LogP contribution in [0.1, 0.15) is 61.7 Å². The van der Waals surface area contributed by atoms with Crippen LogP contribution < -0.4 is 16.2 Å². The van der Waals surface area contributed by atoms with Crippen LogP contribution in [-0.4, -0.2) is 60.9 Å². The van der Waals surface area contributed by atoms with Crippen molar-refractivity contribution in [2.75, 3.05) is 12.4 Å². The first-order chi connectivity index (χ1) is 18.3. The fourth-order valence-corrected chi connectivity index (χ4v) is 4.09. The average Bonchev–Trinajstić information content (AvgIpc) is 2.85. The summed E-state index contributed by atoms with van der Waals surface area (Å²) in [6.07, 6.45) is 2.46. The number of hydrogen-bond acceptors (Lipinski definition) is 9. The lowest BCUT2D eigenvalue weighted by atomic mass is 10.1. The molecule has 2 aromatic heterocycles. The second-order valence-electron chi connectivity index (χ2n) is 10.2. The van der Waals surface area contributed by atoms with Crippen molar-refractivity contribution >= 4 is 40.4 Å². The van der Waals surface area contributed by atoms with Crippen LogP contribution in [0.2, 0.25) is 0 Å². The maximum absolute atomic E-state index is 13.3. The lowest BCUT2D eigenvalue weighted by molar-refractivity contribution is -0.135. The summed E-state index contributed by atoms with van der Waals surface area (Å²) in [5, 5.41) is 5.20. The summed E-state index contributed by atoms with van der Waals surface area (Å²) in [5.41, 5.74) is -0.384. The van der Waals surface area contributed by atoms with Crippen molar-refractivity contribution in [2.45, 2.75) is 58.7 Å². The topological polar surface area (TPSA) is 165 Å². The van der Waals surface area contributed by atoms with Gasteiger partial charge in [0.1, 0.15) is 28.8 Å². The number of carbonyl (C=O) groups excluding carboxylic acids is 4. The zero-order valence-corrected chi connectivity index (χ0v) is 22.3. The zero-order chi connectivity index (χ0) is 28.5. The fraction of sp³-hybridized carbons (Fsp3) is 0.385. The van der Waals surface area contributed by atoms with Gasteiger partial charge in [0.15, 0.2) is 0 Å². The molecule has 1 atom stereocenters. The summed E-state index contributed by atoms with van der Waals surface area (Å²) in [5.74, 6) is -0.874. The Hall–Kier alpha value is -4.68. The van der Waals surface area contributed by atoms with Gasteiger partial charge in [-0.05, 0) is 46.2 Å². The van der Waals surface area contributed by atoms with Crippen LogP contribution in [0.15, 0.2) is 35.4 Å². The van der Waals surface area contributed by atoms with Crippen LogP contribution in [0, 0.1) is 6.92 Å². The summed E-state index contributed by atoms with van der Waals surface area (Å²) in [6, 6.07) is 3.90. The van der Waals surface area contributed by atoms with E-state index in [1.54, 1.807) is 52.9 Å². The van der Waals surface area contributed by atoms with Gasteiger partial charge in [-0.15, -0.1) is 0 Å². The molecule has 0 bridgehead atoms. The normalized spacial score (nSPS) is 15.6. The number of imide groups is 1. The fourth-order valence-electron chi connectivity index (χ4n) is 4.09. The monoisotopic (exact) mass is 535 g/mol. The molecule has 1 fully saturated rings. The van der Waals surface area contributed by atoms with E-state index in [1.165, 1.54) is 21.9 Å². The Morgan fingerprint density at radius 3 is 2.51 bits per heavy atom. The molecule has 1 aliphatic rings. The molecule has 0 radical (unpaired) electrons. The van der Waals surface area contributed by atoms with E-state index in [9.17, 15) is 24.0 Å². The van der Waals surface area contributed by atoms with E-state index in [1.807, 2.05) is 0 Å². The Morgan fingerprint density at radius 1 is 1.18 bits per heavy atom. The maximum atomic E-state index is 13.3. The minimum Gasteiger partial charge on any atom is -0.444 e. The predicted molar refractivity (Wildman–Crippen MR) is 140 cm³/mol. The first-order valence-corrected chi connectivity index (χ1v) is 12.3. The van der Waals surface area contributed by atoms with Crippen LogP contribution in [0.4, 0.5) is 10.5 Å². The molecular formula is C26H29N7O6. The van der Waals surface area contributed by atoms with Crippen molar-refractivity contribution in [1.82, 2.24) is 29.7 Å². The van der Waals surface area contributed by atoms with Crippen molar-refractivity contribution in [1.29, 1.82) is 0 Å². The summed E-state index contributed by atoms with van der Waals surface area (Å²) in [7, 11) is 1.56. The van der Waals surface area contributed by atoms with Crippen molar-refractivity contribution in [3.63, 3.8) is 0 Å². The molecule has 39 heavy (non-hydrogen) atoms. The summed E-state index contributed by atoms with van der Waals surface area (Å²) >= 11 is 0. The van der Waals surface area contributed by atoms with Gasteiger partial charge in [0.2, 0.25) is 11.8 Å². The Labute approximate surface area is 223 Å². The number of nitrogens with one attached hydrogen (secondary N) is 2. The van der Waals surface area contributed by atoms with Gasteiger partial charge >= 0.3 is 6.09 Å². The number of aryl methyl sites for hydroxylation is 1. The molecule has 0 saturated carbocycles. The Bertz CT molecular complexity index is 1520. The number of benzene rings is 1. The summed E-state index contributed by atoms with van der Waals surface area (Å²) in [6.45, 7) is 6.98. The highest BCUT2D eigenvalue weighted by atomic mass is 16.6. The van der Waals surface area contributed by atoms with E-state index in [2.05, 4.69) is 25.6 Å². The van der Waals surface area contributed by atoms with E-state index in [0.717, 1.165) is 0 Å². The molecular weight excluding hydrogens is 506 g/mol. The van der Waals surface area contributed by atoms with E-state index in [0.29, 0.717) is 11.5 Å². The van der Waals surface area contributed by atoms with Crippen LogP contribution in [-0.2, 0) is 20.9 Å². The number of hydrogen-bond donors (Lipinski definition) is 2. The third-order valence-electron chi connectivity index (χ3n) is 5.93. The third-order valence-corrected chi connectivity index (χ3v) is 5.93. The highest BCUT2D eigenvalue weighted by Gasteiger charge is 2.30. The van der Waals surface area contributed by atoms with E-state index < -0.39 is 35.1 Å². The predicted octanol–water partition coefficient (Wildman–Crippen LogP) is 2.09. The molecule has 204 valence electrons. The Morgan fingerprint density at radius 2 is 1.87 bits per heavy atom. The number of ether oxygens (including phenoxy) is 1. The molecule has 4 rings (SSSR count). The van der Waals surface area contributed by atoms with Crippen LogP contribution >= 0.6 is 0 Å². The number of para-hydroxylation sites is 1. The largest absolute Gasteiger partial charge is 0.444 e. The van der Waals surface area contributed by atoms with Gasteiger partial charge in [-0.2, -0.15) is 0 Å². The molecule has 0 aliphatic carbocycles. The lowest BCUT2D eigenvalue weighted by Gasteiger charge is -2.24. The molecule has 1 saturated heterocycles. The Balaban J connectivity index is 1.53. The standard InChI is InChI=1S/C26H29N7O6/c1-14-29-21-16(24(37)33(14)18-9-10-20(34)31-23(18)36)7-6-8-17(21)30-22(35)15-11-27-19(28-12-15)13-32(5)25(38)39-26(2,3)4/h6-8,11-12,18H,9-10,13H2,1-5H3,(H,30,35)(H,31,34,36). The lowest BCUT2D eigenvalue weighted by Crippen LogP contribution is -2.45. The van der Waals surface area contributed by atoms with Gasteiger partial charge in [-0.3, -0.25) is 29.1 Å². The quantitative estimate of drug-likeness (QED) is 0.465. The Kier molecular flexibility index (Phi) is 7.43. The first-order valence-electron chi connectivity index (χ1n) is 12.3. The van der Waals surface area contributed by atoms with E-state index in [4.69, 9.17) is 4.74 Å². The van der Waals surface area contributed by atoms with Crippen LogP contribution in [0.25, 0.3) is 10.9 Å². The number of nitrogens with zero attached hydrogens (tertiary/aromatic N) is 5. The minimum absolute atomic E-state index is 0.0861. The summed E-state index contributed by atoms with van der Waals surface area (Å²) < 4.78 is 6.58. The van der Waals surface area contributed by atoms with Crippen molar-refractivity contribution < 1.29 is 23.9 Å². The number of anilines is 1. The maximum Gasteiger partial charge on any atom is 0.410 e. The molecule has 3 aromatic rings. The minimum atomic E-state index is -0.852. The van der Waals surface area contributed by atoms with Crippen LogP contribution in [0.5, 0.6) is 0 Å². The van der Waals surface area contributed by atoms with Gasteiger partial charge in [0.05, 0.1) is 23.2 Å². The molecule has 2 N–H and O–H groups in total. The van der Waals surface area contributed by atoms with Crippen molar-refractivity contribution in [3.05, 3.63) is 58.2 Å². The number of fused-ring (bicyclic) bond motifs is 1. The van der Waals surface area contributed by atoms with Gasteiger partial charge in [0, 0.05) is 25.9 Å². The summed E-state index contributed by atoms with van der Waals surface area (Å²) in [4.78, 5) is 76.5. The smallest absolute Gasteiger partial charge is 0.410 e.